The van der Waals surface area contributed by atoms with Crippen LogP contribution in [0.25, 0.3) is 10.6 Å². The van der Waals surface area contributed by atoms with Gasteiger partial charge in [0.15, 0.2) is 11.5 Å². The molecule has 22 heavy (non-hydrogen) atoms. The molecule has 1 unspecified atom stereocenters. The van der Waals surface area contributed by atoms with Gasteiger partial charge in [-0.25, -0.2) is 0 Å². The first-order chi connectivity index (χ1) is 10.7. The molecule has 0 radical (unpaired) electrons. The average molecular weight is 319 g/mol. The van der Waals surface area contributed by atoms with Crippen LogP contribution in [0.1, 0.15) is 36.7 Å². The Morgan fingerprint density at radius 2 is 2.27 bits per heavy atom. The van der Waals surface area contributed by atoms with Crippen molar-refractivity contribution in [2.45, 2.75) is 32.2 Å². The summed E-state index contributed by atoms with van der Waals surface area (Å²) in [6.07, 6.45) is 3.83. The van der Waals surface area contributed by atoms with Crippen molar-refractivity contribution < 1.29 is 9.32 Å². The minimum Gasteiger partial charge on any atom is -0.355 e. The summed E-state index contributed by atoms with van der Waals surface area (Å²) in [4.78, 5) is 15.6. The van der Waals surface area contributed by atoms with Crippen molar-refractivity contribution in [3.63, 3.8) is 0 Å². The number of hydrogen-bond acceptors (Lipinski definition) is 5. The number of aromatic nitrogens is 1. The monoisotopic (exact) mass is 319 g/mol. The van der Waals surface area contributed by atoms with E-state index >= 15 is 0 Å². The van der Waals surface area contributed by atoms with Gasteiger partial charge in [0.1, 0.15) is 0 Å². The first-order valence-corrected chi connectivity index (χ1v) is 8.65. The fourth-order valence-corrected chi connectivity index (χ4v) is 3.41. The zero-order valence-corrected chi connectivity index (χ0v) is 13.6. The van der Waals surface area contributed by atoms with Crippen molar-refractivity contribution >= 4 is 17.2 Å². The van der Waals surface area contributed by atoms with Gasteiger partial charge in [-0.15, -0.1) is 11.3 Å². The fourth-order valence-electron chi connectivity index (χ4n) is 2.74. The van der Waals surface area contributed by atoms with Gasteiger partial charge in [0.25, 0.3) is 5.91 Å². The predicted octanol–water partition coefficient (Wildman–Crippen LogP) is 3.01. The third-order valence-electron chi connectivity index (χ3n) is 4.08. The second-order valence-corrected chi connectivity index (χ2v) is 6.66. The lowest BCUT2D eigenvalue weighted by Crippen LogP contribution is -2.44. The summed E-state index contributed by atoms with van der Waals surface area (Å²) < 4.78 is 5.24. The van der Waals surface area contributed by atoms with E-state index in [0.717, 1.165) is 18.0 Å². The number of nitrogens with zero attached hydrogens (tertiary/aromatic N) is 2. The Morgan fingerprint density at radius 3 is 3.00 bits per heavy atom. The summed E-state index contributed by atoms with van der Waals surface area (Å²) >= 11 is 1.57. The molecule has 0 aliphatic carbocycles. The van der Waals surface area contributed by atoms with Gasteiger partial charge in [-0.2, -0.15) is 0 Å². The van der Waals surface area contributed by atoms with Gasteiger partial charge in [0.05, 0.1) is 4.88 Å². The number of carbonyl (C=O) groups excluding carboxylic acids is 1. The van der Waals surface area contributed by atoms with E-state index in [2.05, 4.69) is 22.3 Å². The molecule has 1 fully saturated rings. The van der Waals surface area contributed by atoms with E-state index in [4.69, 9.17) is 4.52 Å². The molecular weight excluding hydrogens is 298 g/mol. The van der Waals surface area contributed by atoms with Crippen LogP contribution in [0.3, 0.4) is 0 Å². The van der Waals surface area contributed by atoms with Crippen LogP contribution >= 0.6 is 11.3 Å². The molecule has 0 aromatic carbocycles. The zero-order chi connectivity index (χ0) is 15.4. The molecule has 118 valence electrons. The molecule has 0 saturated carbocycles. The molecule has 1 saturated heterocycles. The van der Waals surface area contributed by atoms with Crippen LogP contribution < -0.4 is 5.32 Å². The Labute approximate surface area is 134 Å². The van der Waals surface area contributed by atoms with Gasteiger partial charge >= 0.3 is 0 Å². The summed E-state index contributed by atoms with van der Waals surface area (Å²) in [5.74, 6) is 0.472. The number of amides is 1. The van der Waals surface area contributed by atoms with E-state index in [1.54, 1.807) is 17.4 Å². The Balaban J connectivity index is 1.53. The molecular formula is C16H21N3O2S. The minimum absolute atomic E-state index is 0.171. The highest BCUT2D eigenvalue weighted by atomic mass is 32.1. The van der Waals surface area contributed by atoms with Crippen molar-refractivity contribution in [3.8, 4) is 10.6 Å². The normalized spacial score (nSPS) is 17.3. The van der Waals surface area contributed by atoms with E-state index in [0.29, 0.717) is 24.0 Å². The van der Waals surface area contributed by atoms with Gasteiger partial charge in [0, 0.05) is 18.7 Å². The van der Waals surface area contributed by atoms with Crippen LogP contribution in [-0.4, -0.2) is 41.6 Å². The summed E-state index contributed by atoms with van der Waals surface area (Å²) in [6, 6.07) is 5.95. The topological polar surface area (TPSA) is 58.4 Å². The molecule has 1 aliphatic heterocycles. The Kier molecular flexibility index (Phi) is 4.90. The quantitative estimate of drug-likeness (QED) is 0.920. The molecule has 2 aromatic rings. The number of carbonyl (C=O) groups is 1. The summed E-state index contributed by atoms with van der Waals surface area (Å²) in [5, 5.41) is 8.79. The Bertz CT molecular complexity index is 603. The second-order valence-electron chi connectivity index (χ2n) is 5.71. The molecule has 0 bridgehead atoms. The van der Waals surface area contributed by atoms with Gasteiger partial charge in [-0.1, -0.05) is 17.6 Å². The van der Waals surface area contributed by atoms with Crippen LogP contribution in [-0.2, 0) is 0 Å². The third-order valence-corrected chi connectivity index (χ3v) is 4.96. The zero-order valence-electron chi connectivity index (χ0n) is 12.7. The molecule has 3 rings (SSSR count). The van der Waals surface area contributed by atoms with Gasteiger partial charge in [0.2, 0.25) is 0 Å². The smallest absolute Gasteiger partial charge is 0.273 e. The van der Waals surface area contributed by atoms with Crippen molar-refractivity contribution in [1.82, 2.24) is 15.4 Å². The molecule has 1 aliphatic rings. The largest absolute Gasteiger partial charge is 0.355 e. The lowest BCUT2D eigenvalue weighted by atomic mass is 10.1. The molecule has 1 N–H and O–H groups in total. The Hall–Kier alpha value is -1.66. The minimum atomic E-state index is -0.171. The van der Waals surface area contributed by atoms with Crippen LogP contribution in [0.2, 0.25) is 0 Å². The van der Waals surface area contributed by atoms with E-state index in [1.165, 1.54) is 19.3 Å². The molecule has 1 atom stereocenters. The maximum Gasteiger partial charge on any atom is 0.273 e. The van der Waals surface area contributed by atoms with Crippen molar-refractivity contribution in [2.24, 2.45) is 0 Å². The van der Waals surface area contributed by atoms with Crippen LogP contribution in [0.5, 0.6) is 0 Å². The summed E-state index contributed by atoms with van der Waals surface area (Å²) in [5.41, 5.74) is 0.342. The number of hydrogen-bond donors (Lipinski definition) is 1. The van der Waals surface area contributed by atoms with Gasteiger partial charge in [-0.3, -0.25) is 9.69 Å². The maximum atomic E-state index is 12.2. The lowest BCUT2D eigenvalue weighted by molar-refractivity contribution is 0.0921. The first kappa shape index (κ1) is 15.2. The van der Waals surface area contributed by atoms with Crippen LogP contribution in [0.4, 0.5) is 0 Å². The average Bonchev–Trinajstić information content (AvgIpc) is 3.23. The van der Waals surface area contributed by atoms with E-state index < -0.39 is 0 Å². The first-order valence-electron chi connectivity index (χ1n) is 7.77. The SMILES string of the molecule is CC(CNC(=O)c1cc(-c2cccs2)on1)N1CCCCC1. The summed E-state index contributed by atoms with van der Waals surface area (Å²) in [7, 11) is 0. The number of nitrogens with one attached hydrogen (secondary N) is 1. The molecule has 5 nitrogen and oxygen atoms in total. The maximum absolute atomic E-state index is 12.2. The third kappa shape index (κ3) is 3.56. The molecule has 6 heteroatoms. The van der Waals surface area contributed by atoms with Crippen LogP contribution in [0.15, 0.2) is 28.1 Å². The molecule has 0 spiro atoms. The van der Waals surface area contributed by atoms with E-state index in [-0.39, 0.29) is 5.91 Å². The predicted molar refractivity (Wildman–Crippen MR) is 87.0 cm³/mol. The number of piperidine rings is 1. The van der Waals surface area contributed by atoms with E-state index in [9.17, 15) is 4.79 Å². The van der Waals surface area contributed by atoms with Crippen molar-refractivity contribution in [2.75, 3.05) is 19.6 Å². The van der Waals surface area contributed by atoms with E-state index in [1.807, 2.05) is 17.5 Å². The lowest BCUT2D eigenvalue weighted by Gasteiger charge is -2.32. The highest BCUT2D eigenvalue weighted by Gasteiger charge is 2.19. The number of likely N-dealkylation sites (tertiary alicyclic amines) is 1. The van der Waals surface area contributed by atoms with Crippen LogP contribution in [0, 0.1) is 0 Å². The van der Waals surface area contributed by atoms with Gasteiger partial charge < -0.3 is 9.84 Å². The second kappa shape index (κ2) is 7.07. The number of thiophene rings is 1. The van der Waals surface area contributed by atoms with Crippen molar-refractivity contribution in [1.29, 1.82) is 0 Å². The van der Waals surface area contributed by atoms with Gasteiger partial charge in [-0.05, 0) is 44.3 Å². The highest BCUT2D eigenvalue weighted by Crippen LogP contribution is 2.25. The van der Waals surface area contributed by atoms with Crippen molar-refractivity contribution in [3.05, 3.63) is 29.3 Å². The molecule has 2 aromatic heterocycles. The summed E-state index contributed by atoms with van der Waals surface area (Å²) in [6.45, 7) is 5.05. The molecule has 1 amide bonds. The number of rotatable bonds is 5. The fraction of sp³-hybridized carbons (Fsp3) is 0.500. The standard InChI is InChI=1S/C16H21N3O2S/c1-12(19-7-3-2-4-8-19)11-17-16(20)13-10-14(21-18-13)15-6-5-9-22-15/h5-6,9-10,12H,2-4,7-8,11H2,1H3,(H,17,20). The Morgan fingerprint density at radius 1 is 1.45 bits per heavy atom. The molecule has 3 heterocycles. The highest BCUT2D eigenvalue weighted by molar-refractivity contribution is 7.13.